The van der Waals surface area contributed by atoms with Crippen molar-refractivity contribution >= 4 is 27.3 Å². The maximum absolute atomic E-state index is 14.1. The summed E-state index contributed by atoms with van der Waals surface area (Å²) in [5, 5.41) is 20.1. The smallest absolute Gasteiger partial charge is 0.426 e. The van der Waals surface area contributed by atoms with Crippen molar-refractivity contribution in [3.8, 4) is 5.75 Å². The van der Waals surface area contributed by atoms with Crippen molar-refractivity contribution in [3.63, 3.8) is 0 Å². The van der Waals surface area contributed by atoms with Crippen molar-refractivity contribution in [2.24, 2.45) is 0 Å². The summed E-state index contributed by atoms with van der Waals surface area (Å²) in [4.78, 5) is 11.0. The van der Waals surface area contributed by atoms with Crippen LogP contribution in [0.4, 0.5) is 28.9 Å². The molecule has 0 unspecified atom stereocenters. The molecular weight excluding hydrogens is 408 g/mol. The van der Waals surface area contributed by atoms with Gasteiger partial charge in [-0.3, -0.25) is 9.52 Å². The molecule has 1 amide bonds. The molecular formula is C16H14F4N2O5S. The number of phenolic OH excluding ortho intramolecular Hbond substituents is 1. The molecule has 0 spiro atoms. The second-order valence-electron chi connectivity index (χ2n) is 5.82. The van der Waals surface area contributed by atoms with E-state index in [1.54, 1.807) is 5.32 Å². The SMILES string of the molecule is C[C@@](O)(C(=O)Nc1ccc(S(=O)(=O)Nc2cccc(O)c2)cc1F)C(F)(F)F. The van der Waals surface area contributed by atoms with Crippen molar-refractivity contribution in [1.29, 1.82) is 0 Å². The fourth-order valence-corrected chi connectivity index (χ4v) is 2.98. The van der Waals surface area contributed by atoms with Crippen LogP contribution in [0.5, 0.6) is 5.75 Å². The first kappa shape index (κ1) is 21.4. The maximum Gasteiger partial charge on any atom is 0.426 e. The Morgan fingerprint density at radius 3 is 2.29 bits per heavy atom. The fourth-order valence-electron chi connectivity index (χ4n) is 1.92. The number of aromatic hydroxyl groups is 1. The summed E-state index contributed by atoms with van der Waals surface area (Å²) in [7, 11) is -4.29. The first-order valence-electron chi connectivity index (χ1n) is 7.46. The van der Waals surface area contributed by atoms with Gasteiger partial charge in [0.15, 0.2) is 0 Å². The molecule has 0 fully saturated rings. The van der Waals surface area contributed by atoms with Crippen LogP contribution in [0.3, 0.4) is 0 Å². The van der Waals surface area contributed by atoms with Crippen molar-refractivity contribution in [1.82, 2.24) is 0 Å². The second kappa shape index (κ2) is 7.28. The number of rotatable bonds is 5. The van der Waals surface area contributed by atoms with Crippen LogP contribution < -0.4 is 10.0 Å². The zero-order valence-electron chi connectivity index (χ0n) is 14.1. The minimum absolute atomic E-state index is 0.0148. The van der Waals surface area contributed by atoms with Crippen LogP contribution in [0.15, 0.2) is 47.4 Å². The van der Waals surface area contributed by atoms with Crippen molar-refractivity contribution in [2.75, 3.05) is 10.0 Å². The first-order valence-corrected chi connectivity index (χ1v) is 8.94. The number of carbonyl (C=O) groups is 1. The lowest BCUT2D eigenvalue weighted by Gasteiger charge is -2.25. The third kappa shape index (κ3) is 4.51. The number of hydrogen-bond acceptors (Lipinski definition) is 5. The number of aliphatic hydroxyl groups is 1. The second-order valence-corrected chi connectivity index (χ2v) is 7.50. The van der Waals surface area contributed by atoms with Crippen molar-refractivity contribution in [3.05, 3.63) is 48.3 Å². The fraction of sp³-hybridized carbons (Fsp3) is 0.188. The highest BCUT2D eigenvalue weighted by Crippen LogP contribution is 2.31. The van der Waals surface area contributed by atoms with Crippen LogP contribution in [0.2, 0.25) is 0 Å². The van der Waals surface area contributed by atoms with Crippen LogP contribution in [-0.4, -0.2) is 36.3 Å². The lowest BCUT2D eigenvalue weighted by atomic mass is 10.1. The van der Waals surface area contributed by atoms with E-state index in [4.69, 9.17) is 0 Å². The number of benzene rings is 2. The Morgan fingerprint density at radius 2 is 1.75 bits per heavy atom. The molecule has 12 heteroatoms. The number of hydrogen-bond donors (Lipinski definition) is 4. The molecule has 0 bridgehead atoms. The minimum atomic E-state index is -5.30. The molecule has 0 heterocycles. The summed E-state index contributed by atoms with van der Waals surface area (Å²) >= 11 is 0. The lowest BCUT2D eigenvalue weighted by Crippen LogP contribution is -2.52. The number of phenols is 1. The molecule has 0 saturated carbocycles. The van der Waals surface area contributed by atoms with Gasteiger partial charge in [0.05, 0.1) is 16.3 Å². The van der Waals surface area contributed by atoms with E-state index in [0.29, 0.717) is 6.07 Å². The lowest BCUT2D eigenvalue weighted by molar-refractivity contribution is -0.242. The van der Waals surface area contributed by atoms with E-state index >= 15 is 0 Å². The highest BCUT2D eigenvalue weighted by molar-refractivity contribution is 7.92. The molecule has 4 N–H and O–H groups in total. The van der Waals surface area contributed by atoms with Crippen LogP contribution in [-0.2, 0) is 14.8 Å². The molecule has 28 heavy (non-hydrogen) atoms. The quantitative estimate of drug-likeness (QED) is 0.553. The molecule has 2 rings (SSSR count). The van der Waals surface area contributed by atoms with Gasteiger partial charge in [0.1, 0.15) is 11.6 Å². The molecule has 7 nitrogen and oxygen atoms in total. The third-order valence-corrected chi connectivity index (χ3v) is 4.97. The van der Waals surface area contributed by atoms with Gasteiger partial charge in [0.2, 0.25) is 5.60 Å². The Kier molecular flexibility index (Phi) is 5.57. The van der Waals surface area contributed by atoms with E-state index in [1.807, 2.05) is 0 Å². The Balaban J connectivity index is 2.25. The van der Waals surface area contributed by atoms with Crippen LogP contribution in [0.25, 0.3) is 0 Å². The Hall–Kier alpha value is -2.86. The molecule has 0 aliphatic carbocycles. The number of amides is 1. The van der Waals surface area contributed by atoms with Crippen molar-refractivity contribution < 1.29 is 41.0 Å². The van der Waals surface area contributed by atoms with Gasteiger partial charge in [0.25, 0.3) is 15.9 Å². The highest BCUT2D eigenvalue weighted by atomic mass is 32.2. The molecule has 0 radical (unpaired) electrons. The Morgan fingerprint density at radius 1 is 1.11 bits per heavy atom. The van der Waals surface area contributed by atoms with Gasteiger partial charge in [-0.2, -0.15) is 13.2 Å². The molecule has 0 aliphatic heterocycles. The molecule has 0 aliphatic rings. The van der Waals surface area contributed by atoms with Gasteiger partial charge in [-0.25, -0.2) is 12.8 Å². The molecule has 152 valence electrons. The summed E-state index contributed by atoms with van der Waals surface area (Å²) in [6.45, 7) is 0.193. The number of alkyl halides is 3. The third-order valence-electron chi connectivity index (χ3n) is 3.59. The van der Waals surface area contributed by atoms with Gasteiger partial charge in [0, 0.05) is 6.07 Å². The standard InChI is InChI=1S/C16H14F4N2O5S/c1-15(25,16(18,19)20)14(24)21-13-6-5-11(8-12(13)17)28(26,27)22-9-3-2-4-10(23)7-9/h2-8,22-23,25H,1H3,(H,21,24)/t15-/m1/s1. The molecule has 0 saturated heterocycles. The van der Waals surface area contributed by atoms with E-state index in [0.717, 1.165) is 18.2 Å². The largest absolute Gasteiger partial charge is 0.508 e. The average Bonchev–Trinajstić information content (AvgIpc) is 2.55. The Bertz CT molecular complexity index is 1010. The van der Waals surface area contributed by atoms with E-state index in [1.165, 1.54) is 18.2 Å². The number of carbonyl (C=O) groups excluding carboxylic acids is 1. The highest BCUT2D eigenvalue weighted by Gasteiger charge is 2.55. The molecule has 1 atom stereocenters. The van der Waals surface area contributed by atoms with Gasteiger partial charge in [-0.15, -0.1) is 0 Å². The van der Waals surface area contributed by atoms with Crippen LogP contribution in [0.1, 0.15) is 6.92 Å². The van der Waals surface area contributed by atoms with Crippen molar-refractivity contribution in [2.45, 2.75) is 23.6 Å². The van der Waals surface area contributed by atoms with E-state index in [9.17, 15) is 41.0 Å². The summed E-state index contributed by atoms with van der Waals surface area (Å²) in [5.41, 5.74) is -4.55. The summed E-state index contributed by atoms with van der Waals surface area (Å²) in [6, 6.07) is 7.12. The summed E-state index contributed by atoms with van der Waals surface area (Å²) in [5.74, 6) is -3.50. The normalized spacial score (nSPS) is 14.2. The number of nitrogens with one attached hydrogen (secondary N) is 2. The Labute approximate surface area is 156 Å². The van der Waals surface area contributed by atoms with Crippen LogP contribution >= 0.6 is 0 Å². The summed E-state index contributed by atoms with van der Waals surface area (Å²) < 4.78 is 78.6. The van der Waals surface area contributed by atoms with Gasteiger partial charge in [-0.05, 0) is 37.3 Å². The topological polar surface area (TPSA) is 116 Å². The predicted octanol–water partition coefficient (Wildman–Crippen LogP) is 2.58. The number of anilines is 2. The summed E-state index contributed by atoms with van der Waals surface area (Å²) in [6.07, 6.45) is -5.30. The number of sulfonamides is 1. The van der Waals surface area contributed by atoms with E-state index < -0.39 is 44.1 Å². The zero-order valence-corrected chi connectivity index (χ0v) is 14.9. The maximum atomic E-state index is 14.1. The number of halogens is 4. The molecule has 2 aromatic carbocycles. The van der Waals surface area contributed by atoms with Gasteiger partial charge >= 0.3 is 6.18 Å². The van der Waals surface area contributed by atoms with Gasteiger partial charge < -0.3 is 15.5 Å². The molecule has 0 aromatic heterocycles. The van der Waals surface area contributed by atoms with Crippen LogP contribution in [0, 0.1) is 5.82 Å². The zero-order chi connectivity index (χ0) is 21.3. The predicted molar refractivity (Wildman–Crippen MR) is 90.6 cm³/mol. The van der Waals surface area contributed by atoms with E-state index in [2.05, 4.69) is 4.72 Å². The minimum Gasteiger partial charge on any atom is -0.508 e. The van der Waals surface area contributed by atoms with Gasteiger partial charge in [-0.1, -0.05) is 6.07 Å². The first-order chi connectivity index (χ1) is 12.7. The van der Waals surface area contributed by atoms with E-state index in [-0.39, 0.29) is 18.4 Å². The average molecular weight is 422 g/mol. The monoisotopic (exact) mass is 422 g/mol. The molecule has 2 aromatic rings.